The highest BCUT2D eigenvalue weighted by molar-refractivity contribution is 6.32. The molecule has 4 heteroatoms. The minimum Gasteiger partial charge on any atom is -0.483 e. The Bertz CT molecular complexity index is 452. The summed E-state index contributed by atoms with van der Waals surface area (Å²) in [6, 6.07) is 5.32. The van der Waals surface area contributed by atoms with Crippen molar-refractivity contribution < 1.29 is 9.53 Å². The molecular formula is C12H12ClNO2. The Morgan fingerprint density at radius 3 is 3.06 bits per heavy atom. The van der Waals surface area contributed by atoms with E-state index in [4.69, 9.17) is 16.3 Å². The maximum Gasteiger partial charge on any atom is 0.170 e. The summed E-state index contributed by atoms with van der Waals surface area (Å²) in [5, 5.41) is 3.76. The van der Waals surface area contributed by atoms with Crippen LogP contribution in [0.2, 0.25) is 5.02 Å². The first-order valence-corrected chi connectivity index (χ1v) is 5.79. The predicted octanol–water partition coefficient (Wildman–Crippen LogP) is 2.04. The molecule has 2 heterocycles. The zero-order valence-electron chi connectivity index (χ0n) is 8.75. The molecule has 0 bridgehead atoms. The molecule has 3 rings (SSSR count). The number of hydrogen-bond donors (Lipinski definition) is 1. The highest BCUT2D eigenvalue weighted by Gasteiger charge is 2.43. The van der Waals surface area contributed by atoms with Crippen molar-refractivity contribution in [1.82, 2.24) is 5.32 Å². The molecule has 0 saturated carbocycles. The molecule has 0 radical (unpaired) electrons. The van der Waals surface area contributed by atoms with E-state index in [-0.39, 0.29) is 11.4 Å². The molecule has 1 saturated heterocycles. The second-order valence-electron chi connectivity index (χ2n) is 4.43. The van der Waals surface area contributed by atoms with Crippen LogP contribution >= 0.6 is 11.6 Å². The van der Waals surface area contributed by atoms with Crippen LogP contribution in [0.15, 0.2) is 18.2 Å². The van der Waals surface area contributed by atoms with Gasteiger partial charge in [0, 0.05) is 13.0 Å². The summed E-state index contributed by atoms with van der Waals surface area (Å²) < 4.78 is 5.97. The Morgan fingerprint density at radius 1 is 1.44 bits per heavy atom. The predicted molar refractivity (Wildman–Crippen MR) is 61.2 cm³/mol. The average Bonchev–Trinajstić information content (AvgIpc) is 2.68. The van der Waals surface area contributed by atoms with Gasteiger partial charge in [-0.3, -0.25) is 4.79 Å². The molecule has 1 fully saturated rings. The number of rotatable bonds is 0. The van der Waals surface area contributed by atoms with E-state index >= 15 is 0 Å². The molecule has 3 nitrogen and oxygen atoms in total. The van der Waals surface area contributed by atoms with E-state index in [0.717, 1.165) is 19.5 Å². The fourth-order valence-corrected chi connectivity index (χ4v) is 2.64. The highest BCUT2D eigenvalue weighted by atomic mass is 35.5. The molecule has 0 aliphatic carbocycles. The Hall–Kier alpha value is -1.06. The fourth-order valence-electron chi connectivity index (χ4n) is 2.43. The lowest BCUT2D eigenvalue weighted by atomic mass is 9.89. The molecule has 1 atom stereocenters. The number of benzene rings is 1. The lowest BCUT2D eigenvalue weighted by Gasteiger charge is -2.34. The molecule has 1 spiro atoms. The second-order valence-corrected chi connectivity index (χ2v) is 4.84. The average molecular weight is 238 g/mol. The largest absolute Gasteiger partial charge is 0.483 e. The van der Waals surface area contributed by atoms with E-state index in [1.54, 1.807) is 18.2 Å². The van der Waals surface area contributed by atoms with Gasteiger partial charge in [0.2, 0.25) is 0 Å². The summed E-state index contributed by atoms with van der Waals surface area (Å²) in [7, 11) is 0. The lowest BCUT2D eigenvalue weighted by molar-refractivity contribution is 0.0529. The Kier molecular flexibility index (Phi) is 2.19. The summed E-state index contributed by atoms with van der Waals surface area (Å²) in [5.74, 6) is 0.691. The molecule has 1 aromatic carbocycles. The van der Waals surface area contributed by atoms with Crippen LogP contribution in [0.1, 0.15) is 23.2 Å². The third-order valence-corrected chi connectivity index (χ3v) is 3.57. The number of ketones is 1. The molecule has 16 heavy (non-hydrogen) atoms. The molecule has 2 aliphatic rings. The third kappa shape index (κ3) is 1.43. The van der Waals surface area contributed by atoms with E-state index in [1.807, 2.05) is 0 Å². The Balaban J connectivity index is 2.07. The van der Waals surface area contributed by atoms with Crippen molar-refractivity contribution >= 4 is 17.4 Å². The second kappa shape index (κ2) is 3.47. The molecule has 84 valence electrons. The number of carbonyl (C=O) groups excluding carboxylic acids is 1. The first kappa shape index (κ1) is 10.1. The van der Waals surface area contributed by atoms with Crippen molar-refractivity contribution in [3.05, 3.63) is 28.8 Å². The standard InChI is InChI=1S/C12H12ClNO2/c13-9-3-1-2-8-10(15)6-12(16-11(8)9)4-5-14-7-12/h1-3,14H,4-7H2. The van der Waals surface area contributed by atoms with E-state index in [2.05, 4.69) is 5.32 Å². The first-order valence-electron chi connectivity index (χ1n) is 5.42. The number of fused-ring (bicyclic) bond motifs is 1. The van der Waals surface area contributed by atoms with E-state index in [9.17, 15) is 4.79 Å². The summed E-state index contributed by atoms with van der Waals surface area (Å²) in [4.78, 5) is 12.0. The smallest absolute Gasteiger partial charge is 0.170 e. The van der Waals surface area contributed by atoms with Crippen molar-refractivity contribution in [3.8, 4) is 5.75 Å². The number of hydrogen-bond acceptors (Lipinski definition) is 3. The summed E-state index contributed by atoms with van der Waals surface area (Å²) in [6.07, 6.45) is 1.32. The van der Waals surface area contributed by atoms with Gasteiger partial charge in [0.25, 0.3) is 0 Å². The summed E-state index contributed by atoms with van der Waals surface area (Å²) in [6.45, 7) is 1.62. The molecule has 0 amide bonds. The van der Waals surface area contributed by atoms with Crippen LogP contribution in [-0.2, 0) is 0 Å². The molecule has 2 aliphatic heterocycles. The third-order valence-electron chi connectivity index (χ3n) is 3.27. The molecule has 1 aromatic rings. The van der Waals surface area contributed by atoms with Gasteiger partial charge in [0.15, 0.2) is 5.78 Å². The summed E-state index contributed by atoms with van der Waals surface area (Å²) in [5.41, 5.74) is 0.250. The van der Waals surface area contributed by atoms with Crippen LogP contribution in [0.4, 0.5) is 0 Å². The first-order chi connectivity index (χ1) is 7.70. The van der Waals surface area contributed by atoms with Gasteiger partial charge in [-0.1, -0.05) is 17.7 Å². The molecule has 1 unspecified atom stereocenters. The van der Waals surface area contributed by atoms with Crippen molar-refractivity contribution in [3.63, 3.8) is 0 Å². The van der Waals surface area contributed by atoms with E-state index in [1.165, 1.54) is 0 Å². The van der Waals surface area contributed by atoms with Gasteiger partial charge in [0.1, 0.15) is 11.4 Å². The molecule has 1 N–H and O–H groups in total. The number of para-hydroxylation sites is 1. The molecular weight excluding hydrogens is 226 g/mol. The van der Waals surface area contributed by atoms with Crippen LogP contribution < -0.4 is 10.1 Å². The minimum absolute atomic E-state index is 0.132. The van der Waals surface area contributed by atoms with Gasteiger partial charge in [-0.15, -0.1) is 0 Å². The van der Waals surface area contributed by atoms with E-state index < -0.39 is 0 Å². The van der Waals surface area contributed by atoms with Gasteiger partial charge in [-0.25, -0.2) is 0 Å². The van der Waals surface area contributed by atoms with Crippen LogP contribution in [0.25, 0.3) is 0 Å². The fraction of sp³-hybridized carbons (Fsp3) is 0.417. The van der Waals surface area contributed by atoms with Gasteiger partial charge in [-0.05, 0) is 18.7 Å². The van der Waals surface area contributed by atoms with Crippen molar-refractivity contribution in [2.75, 3.05) is 13.1 Å². The summed E-state index contributed by atoms with van der Waals surface area (Å²) >= 11 is 6.07. The van der Waals surface area contributed by atoms with Crippen molar-refractivity contribution in [2.24, 2.45) is 0 Å². The maximum atomic E-state index is 12.0. The maximum absolute atomic E-state index is 12.0. The van der Waals surface area contributed by atoms with Gasteiger partial charge < -0.3 is 10.1 Å². The van der Waals surface area contributed by atoms with Gasteiger partial charge >= 0.3 is 0 Å². The van der Waals surface area contributed by atoms with Gasteiger partial charge in [0.05, 0.1) is 17.0 Å². The molecule has 0 aromatic heterocycles. The number of nitrogens with one attached hydrogen (secondary N) is 1. The Morgan fingerprint density at radius 2 is 2.31 bits per heavy atom. The lowest BCUT2D eigenvalue weighted by Crippen LogP contribution is -2.43. The normalized spacial score (nSPS) is 27.9. The van der Waals surface area contributed by atoms with Crippen LogP contribution in [0.3, 0.4) is 0 Å². The zero-order valence-corrected chi connectivity index (χ0v) is 9.51. The van der Waals surface area contributed by atoms with Crippen LogP contribution in [0, 0.1) is 0 Å². The number of halogens is 1. The minimum atomic E-state index is -0.366. The van der Waals surface area contributed by atoms with Crippen molar-refractivity contribution in [1.29, 1.82) is 0 Å². The monoisotopic (exact) mass is 237 g/mol. The number of Topliss-reactive ketones (excluding diaryl/α,β-unsaturated/α-hetero) is 1. The number of carbonyl (C=O) groups is 1. The van der Waals surface area contributed by atoms with Crippen molar-refractivity contribution in [2.45, 2.75) is 18.4 Å². The highest BCUT2D eigenvalue weighted by Crippen LogP contribution is 2.40. The SMILES string of the molecule is O=C1CC2(CCNC2)Oc2c(Cl)cccc21. The van der Waals surface area contributed by atoms with Crippen LogP contribution in [0.5, 0.6) is 5.75 Å². The quantitative estimate of drug-likeness (QED) is 0.751. The van der Waals surface area contributed by atoms with Crippen LogP contribution in [-0.4, -0.2) is 24.5 Å². The zero-order chi connectivity index (χ0) is 11.2. The topological polar surface area (TPSA) is 38.3 Å². The number of ether oxygens (including phenoxy) is 1. The van der Waals surface area contributed by atoms with Gasteiger partial charge in [-0.2, -0.15) is 0 Å². The Labute approximate surface area is 98.7 Å². The van der Waals surface area contributed by atoms with E-state index in [0.29, 0.717) is 22.8 Å².